The van der Waals surface area contributed by atoms with E-state index < -0.39 is 0 Å². The fraction of sp³-hybridized carbons (Fsp3) is 0.118. The lowest BCUT2D eigenvalue weighted by atomic mass is 10.1. The second kappa shape index (κ2) is 5.74. The van der Waals surface area contributed by atoms with Crippen molar-refractivity contribution in [2.24, 2.45) is 0 Å². The molecule has 0 spiro atoms. The first-order valence-corrected chi connectivity index (χ1v) is 7.31. The smallest absolute Gasteiger partial charge is 0.153 e. The van der Waals surface area contributed by atoms with Crippen LogP contribution in [0.25, 0.3) is 11.0 Å². The summed E-state index contributed by atoms with van der Waals surface area (Å²) >= 11 is 3.49. The van der Waals surface area contributed by atoms with Crippen molar-refractivity contribution in [3.63, 3.8) is 0 Å². The lowest BCUT2D eigenvalue weighted by molar-refractivity contribution is 0.111. The maximum atomic E-state index is 11.1. The van der Waals surface area contributed by atoms with Crippen molar-refractivity contribution in [2.75, 3.05) is 0 Å². The zero-order chi connectivity index (χ0) is 14.8. The van der Waals surface area contributed by atoms with Crippen LogP contribution in [-0.4, -0.2) is 6.29 Å². The predicted octanol–water partition coefficient (Wildman–Crippen LogP) is 4.90. The predicted molar refractivity (Wildman–Crippen MR) is 84.8 cm³/mol. The second-order valence-electron chi connectivity index (χ2n) is 4.82. The van der Waals surface area contributed by atoms with Crippen molar-refractivity contribution in [3.05, 3.63) is 63.8 Å². The van der Waals surface area contributed by atoms with E-state index in [1.54, 1.807) is 12.3 Å². The number of fused-ring (bicyclic) bond motifs is 1. The number of carbonyl (C=O) groups is 1. The van der Waals surface area contributed by atoms with Crippen molar-refractivity contribution in [2.45, 2.75) is 13.5 Å². The number of aryl methyl sites for hydroxylation is 1. The quantitative estimate of drug-likeness (QED) is 0.632. The van der Waals surface area contributed by atoms with Crippen LogP contribution in [0, 0.1) is 6.92 Å². The van der Waals surface area contributed by atoms with E-state index in [0.29, 0.717) is 17.9 Å². The van der Waals surface area contributed by atoms with Crippen LogP contribution in [0.1, 0.15) is 21.5 Å². The molecule has 3 rings (SSSR count). The third kappa shape index (κ3) is 2.72. The van der Waals surface area contributed by atoms with Crippen molar-refractivity contribution in [3.8, 4) is 5.75 Å². The Labute approximate surface area is 130 Å². The van der Waals surface area contributed by atoms with Gasteiger partial charge in [-0.3, -0.25) is 4.79 Å². The highest BCUT2D eigenvalue weighted by atomic mass is 79.9. The topological polar surface area (TPSA) is 39.4 Å². The summed E-state index contributed by atoms with van der Waals surface area (Å²) in [7, 11) is 0. The number of para-hydroxylation sites is 1. The highest BCUT2D eigenvalue weighted by molar-refractivity contribution is 9.10. The van der Waals surface area contributed by atoms with Gasteiger partial charge in [-0.15, -0.1) is 0 Å². The first kappa shape index (κ1) is 13.9. The van der Waals surface area contributed by atoms with Crippen LogP contribution in [0.3, 0.4) is 0 Å². The minimum atomic E-state index is 0.394. The van der Waals surface area contributed by atoms with Crippen LogP contribution in [0.4, 0.5) is 0 Å². The maximum Gasteiger partial charge on any atom is 0.153 e. The minimum Gasteiger partial charge on any atom is -0.488 e. The third-order valence-electron chi connectivity index (χ3n) is 3.32. The molecule has 0 fully saturated rings. The summed E-state index contributed by atoms with van der Waals surface area (Å²) in [6.07, 6.45) is 2.48. The molecule has 2 aromatic carbocycles. The molecule has 1 heterocycles. The van der Waals surface area contributed by atoms with Crippen LogP contribution in [0.5, 0.6) is 5.75 Å². The average Bonchev–Trinajstić information content (AvgIpc) is 2.94. The summed E-state index contributed by atoms with van der Waals surface area (Å²) in [6, 6.07) is 11.4. The summed E-state index contributed by atoms with van der Waals surface area (Å²) < 4.78 is 12.1. The Bertz CT molecular complexity index is 805. The zero-order valence-corrected chi connectivity index (χ0v) is 13.0. The van der Waals surface area contributed by atoms with E-state index in [-0.39, 0.29) is 0 Å². The molecule has 0 bridgehead atoms. The van der Waals surface area contributed by atoms with Crippen molar-refractivity contribution in [1.82, 2.24) is 0 Å². The fourth-order valence-corrected chi connectivity index (χ4v) is 2.92. The molecule has 0 aliphatic heterocycles. The number of furan rings is 1. The molecule has 3 nitrogen and oxygen atoms in total. The number of halogens is 1. The summed E-state index contributed by atoms with van der Waals surface area (Å²) in [6.45, 7) is 2.32. The van der Waals surface area contributed by atoms with E-state index in [9.17, 15) is 4.79 Å². The van der Waals surface area contributed by atoms with Gasteiger partial charge in [-0.1, -0.05) is 12.1 Å². The molecule has 0 saturated heterocycles. The Morgan fingerprint density at radius 1 is 1.29 bits per heavy atom. The van der Waals surface area contributed by atoms with E-state index >= 15 is 0 Å². The van der Waals surface area contributed by atoms with Gasteiger partial charge >= 0.3 is 0 Å². The molecule has 0 amide bonds. The second-order valence-corrected chi connectivity index (χ2v) is 5.67. The number of carbonyl (C=O) groups excluding carboxylic acids is 1. The first-order chi connectivity index (χ1) is 10.2. The first-order valence-electron chi connectivity index (χ1n) is 6.52. The zero-order valence-electron chi connectivity index (χ0n) is 11.4. The molecule has 21 heavy (non-hydrogen) atoms. The SMILES string of the molecule is Cc1cccc(C=O)c1OCc1cc(Br)c2occc2c1. The molecular weight excluding hydrogens is 332 g/mol. The van der Waals surface area contributed by atoms with Crippen LogP contribution in [0.2, 0.25) is 0 Å². The van der Waals surface area contributed by atoms with Gasteiger partial charge in [0.2, 0.25) is 0 Å². The number of hydrogen-bond donors (Lipinski definition) is 0. The third-order valence-corrected chi connectivity index (χ3v) is 3.91. The van der Waals surface area contributed by atoms with Gasteiger partial charge in [0.25, 0.3) is 0 Å². The lowest BCUT2D eigenvalue weighted by Crippen LogP contribution is -2.00. The van der Waals surface area contributed by atoms with E-state index in [4.69, 9.17) is 9.15 Å². The Morgan fingerprint density at radius 2 is 2.14 bits per heavy atom. The highest BCUT2D eigenvalue weighted by Crippen LogP contribution is 2.28. The van der Waals surface area contributed by atoms with Gasteiger partial charge < -0.3 is 9.15 Å². The van der Waals surface area contributed by atoms with Crippen LogP contribution >= 0.6 is 15.9 Å². The van der Waals surface area contributed by atoms with E-state index in [1.807, 2.05) is 37.3 Å². The number of benzene rings is 2. The highest BCUT2D eigenvalue weighted by Gasteiger charge is 2.09. The molecule has 4 heteroatoms. The molecule has 3 aromatic rings. The van der Waals surface area contributed by atoms with Gasteiger partial charge in [-0.25, -0.2) is 0 Å². The van der Waals surface area contributed by atoms with Crippen LogP contribution in [0.15, 0.2) is 51.6 Å². The van der Waals surface area contributed by atoms with Gasteiger partial charge in [0, 0.05) is 5.39 Å². The van der Waals surface area contributed by atoms with Gasteiger partial charge in [0.05, 0.1) is 16.3 Å². The Hall–Kier alpha value is -2.07. The summed E-state index contributed by atoms with van der Waals surface area (Å²) in [5, 5.41) is 1.02. The standard InChI is InChI=1S/C17H13BrO3/c1-11-3-2-4-14(9-19)16(11)21-10-12-7-13-5-6-20-17(13)15(18)8-12/h2-9H,10H2,1H3. The van der Waals surface area contributed by atoms with Crippen molar-refractivity contribution in [1.29, 1.82) is 0 Å². The largest absolute Gasteiger partial charge is 0.488 e. The molecule has 0 atom stereocenters. The summed E-state index contributed by atoms with van der Waals surface area (Å²) in [4.78, 5) is 11.1. The van der Waals surface area contributed by atoms with Gasteiger partial charge in [-0.2, -0.15) is 0 Å². The Balaban J connectivity index is 1.88. The maximum absolute atomic E-state index is 11.1. The monoisotopic (exact) mass is 344 g/mol. The fourth-order valence-electron chi connectivity index (χ4n) is 2.30. The van der Waals surface area contributed by atoms with Gasteiger partial charge in [0.1, 0.15) is 17.9 Å². The molecule has 0 radical (unpaired) electrons. The number of rotatable bonds is 4. The van der Waals surface area contributed by atoms with Crippen LogP contribution < -0.4 is 4.74 Å². The van der Waals surface area contributed by atoms with Crippen LogP contribution in [-0.2, 0) is 6.61 Å². The number of hydrogen-bond acceptors (Lipinski definition) is 3. The van der Waals surface area contributed by atoms with E-state index in [1.165, 1.54) is 0 Å². The molecule has 0 saturated carbocycles. The Morgan fingerprint density at radius 3 is 2.95 bits per heavy atom. The summed E-state index contributed by atoms with van der Waals surface area (Å²) in [5.41, 5.74) is 3.35. The normalized spacial score (nSPS) is 10.8. The van der Waals surface area contributed by atoms with Crippen molar-refractivity contribution >= 4 is 33.2 Å². The molecule has 0 N–H and O–H groups in total. The average molecular weight is 345 g/mol. The lowest BCUT2D eigenvalue weighted by Gasteiger charge is -2.11. The van der Waals surface area contributed by atoms with Crippen molar-refractivity contribution < 1.29 is 13.9 Å². The molecule has 1 aromatic heterocycles. The molecular formula is C17H13BrO3. The van der Waals surface area contributed by atoms with E-state index in [0.717, 1.165) is 32.9 Å². The Kier molecular flexibility index (Phi) is 3.80. The number of ether oxygens (including phenoxy) is 1. The van der Waals surface area contributed by atoms with Gasteiger partial charge in [-0.05, 0) is 58.2 Å². The molecule has 0 aliphatic carbocycles. The van der Waals surface area contributed by atoms with E-state index in [2.05, 4.69) is 15.9 Å². The molecule has 0 unspecified atom stereocenters. The molecule has 106 valence electrons. The number of aldehydes is 1. The minimum absolute atomic E-state index is 0.394. The summed E-state index contributed by atoms with van der Waals surface area (Å²) in [5.74, 6) is 0.635. The molecule has 0 aliphatic rings. The van der Waals surface area contributed by atoms with Gasteiger partial charge in [0.15, 0.2) is 6.29 Å².